The molecule has 2 N–H and O–H groups in total. The molecule has 0 spiro atoms. The van der Waals surface area contributed by atoms with Gasteiger partial charge >= 0.3 is 0 Å². The van der Waals surface area contributed by atoms with Crippen molar-refractivity contribution in [1.82, 2.24) is 4.90 Å². The predicted molar refractivity (Wildman–Crippen MR) is 37.1 cm³/mol. The second kappa shape index (κ2) is 1.50. The molecule has 1 heterocycles. The van der Waals surface area contributed by atoms with Gasteiger partial charge in [0.2, 0.25) is 0 Å². The van der Waals surface area contributed by atoms with Gasteiger partial charge in [-0.2, -0.15) is 0 Å². The molecule has 0 aromatic carbocycles. The van der Waals surface area contributed by atoms with Gasteiger partial charge in [-0.3, -0.25) is 0 Å². The summed E-state index contributed by atoms with van der Waals surface area (Å²) in [6.45, 7) is 2.36. The van der Waals surface area contributed by atoms with Crippen LogP contribution in [0.1, 0.15) is 12.8 Å². The molecule has 52 valence electrons. The van der Waals surface area contributed by atoms with Gasteiger partial charge in [0.25, 0.3) is 0 Å². The first kappa shape index (κ1) is 5.69. The van der Waals surface area contributed by atoms with Crippen molar-refractivity contribution in [3.8, 4) is 0 Å². The molecule has 2 nitrogen and oxygen atoms in total. The van der Waals surface area contributed by atoms with Gasteiger partial charge in [-0.05, 0) is 25.8 Å². The smallest absolute Gasteiger partial charge is 0.0324 e. The molecule has 1 saturated carbocycles. The molecule has 0 amide bonds. The maximum absolute atomic E-state index is 6.06. The minimum atomic E-state index is 0.231. The lowest BCUT2D eigenvalue weighted by Gasteiger charge is -2.40. The highest BCUT2D eigenvalue weighted by atomic mass is 15.2. The first-order valence-corrected chi connectivity index (χ1v) is 3.68. The van der Waals surface area contributed by atoms with E-state index in [4.69, 9.17) is 5.73 Å². The number of hydrogen-bond acceptors (Lipinski definition) is 2. The van der Waals surface area contributed by atoms with Crippen LogP contribution in [0.4, 0.5) is 0 Å². The normalized spacial score (nSPS) is 50.7. The van der Waals surface area contributed by atoms with E-state index < -0.39 is 0 Å². The summed E-state index contributed by atoms with van der Waals surface area (Å²) >= 11 is 0. The number of nitrogens with zero attached hydrogens (tertiary/aromatic N) is 1. The van der Waals surface area contributed by atoms with Crippen molar-refractivity contribution in [2.45, 2.75) is 18.4 Å². The number of rotatable bonds is 0. The van der Waals surface area contributed by atoms with E-state index in [1.807, 2.05) is 0 Å². The Labute approximate surface area is 56.0 Å². The van der Waals surface area contributed by atoms with Crippen LogP contribution in [0.15, 0.2) is 0 Å². The first-order valence-electron chi connectivity index (χ1n) is 3.68. The molecule has 1 saturated heterocycles. The lowest BCUT2D eigenvalue weighted by molar-refractivity contribution is 0.188. The average Bonchev–Trinajstić information content (AvgIpc) is 1.94. The number of likely N-dealkylation sites (N-methyl/N-ethyl adjacent to an activating group) is 1. The maximum Gasteiger partial charge on any atom is 0.0324 e. The molecular formula is C7H14N2. The maximum atomic E-state index is 6.06. The zero-order valence-electron chi connectivity index (χ0n) is 5.93. The summed E-state index contributed by atoms with van der Waals surface area (Å²) in [6, 6.07) is 0. The molecule has 0 bridgehead atoms. The summed E-state index contributed by atoms with van der Waals surface area (Å²) in [4.78, 5) is 2.34. The molecule has 2 aliphatic rings. The van der Waals surface area contributed by atoms with E-state index in [9.17, 15) is 0 Å². The molecule has 1 aliphatic heterocycles. The van der Waals surface area contributed by atoms with Crippen LogP contribution in [0.25, 0.3) is 0 Å². The molecule has 0 aromatic heterocycles. The zero-order valence-corrected chi connectivity index (χ0v) is 5.93. The van der Waals surface area contributed by atoms with Crippen molar-refractivity contribution in [2.24, 2.45) is 11.7 Å². The van der Waals surface area contributed by atoms with Gasteiger partial charge in [0.05, 0.1) is 0 Å². The predicted octanol–water partition coefficient (Wildman–Crippen LogP) is 0.0393. The number of nitrogens with two attached hydrogens (primary N) is 1. The van der Waals surface area contributed by atoms with Crippen molar-refractivity contribution in [3.05, 3.63) is 0 Å². The van der Waals surface area contributed by atoms with Crippen LogP contribution in [0.3, 0.4) is 0 Å². The van der Waals surface area contributed by atoms with E-state index in [2.05, 4.69) is 11.9 Å². The molecular weight excluding hydrogens is 112 g/mol. The second-order valence-corrected chi connectivity index (χ2v) is 3.67. The third kappa shape index (κ3) is 0.634. The molecule has 9 heavy (non-hydrogen) atoms. The minimum absolute atomic E-state index is 0.231. The first-order chi connectivity index (χ1) is 4.21. The van der Waals surface area contributed by atoms with E-state index in [1.54, 1.807) is 0 Å². The van der Waals surface area contributed by atoms with E-state index in [-0.39, 0.29) is 5.54 Å². The molecule has 2 atom stereocenters. The highest BCUT2D eigenvalue weighted by Crippen LogP contribution is 2.41. The summed E-state index contributed by atoms with van der Waals surface area (Å²) in [5.74, 6) is 0.822. The third-order valence-electron chi connectivity index (χ3n) is 2.87. The van der Waals surface area contributed by atoms with E-state index >= 15 is 0 Å². The second-order valence-electron chi connectivity index (χ2n) is 3.67. The number of hydrogen-bond donors (Lipinski definition) is 1. The van der Waals surface area contributed by atoms with Gasteiger partial charge in [0, 0.05) is 18.6 Å². The number of fused-ring (bicyclic) bond motifs is 1. The quantitative estimate of drug-likeness (QED) is 0.496. The highest BCUT2D eigenvalue weighted by Gasteiger charge is 2.48. The summed E-state index contributed by atoms with van der Waals surface area (Å²) in [5.41, 5.74) is 6.29. The van der Waals surface area contributed by atoms with E-state index in [0.717, 1.165) is 12.5 Å². The summed E-state index contributed by atoms with van der Waals surface area (Å²) in [6.07, 6.45) is 2.61. The van der Waals surface area contributed by atoms with Crippen LogP contribution in [-0.4, -0.2) is 30.6 Å². The molecule has 1 aliphatic carbocycles. The Bertz CT molecular complexity index is 135. The molecule has 0 aromatic rings. The van der Waals surface area contributed by atoms with Crippen molar-refractivity contribution in [2.75, 3.05) is 20.1 Å². The molecule has 2 rings (SSSR count). The highest BCUT2D eigenvalue weighted by molar-refractivity contribution is 5.07. The summed E-state index contributed by atoms with van der Waals surface area (Å²) in [7, 11) is 2.16. The Morgan fingerprint density at radius 3 is 2.67 bits per heavy atom. The van der Waals surface area contributed by atoms with Crippen molar-refractivity contribution < 1.29 is 0 Å². The third-order valence-corrected chi connectivity index (χ3v) is 2.87. The van der Waals surface area contributed by atoms with Crippen molar-refractivity contribution >= 4 is 0 Å². The van der Waals surface area contributed by atoms with Crippen LogP contribution in [0.5, 0.6) is 0 Å². The fourth-order valence-electron chi connectivity index (χ4n) is 2.14. The Hall–Kier alpha value is -0.0800. The van der Waals surface area contributed by atoms with Gasteiger partial charge in [0.1, 0.15) is 0 Å². The summed E-state index contributed by atoms with van der Waals surface area (Å²) in [5, 5.41) is 0. The van der Waals surface area contributed by atoms with Gasteiger partial charge in [-0.15, -0.1) is 0 Å². The Balaban J connectivity index is 2.12. The SMILES string of the molecule is CN1CC2CCC2(N)C1. The molecule has 2 unspecified atom stereocenters. The minimum Gasteiger partial charge on any atom is -0.324 e. The van der Waals surface area contributed by atoms with E-state index in [0.29, 0.717) is 0 Å². The molecule has 0 radical (unpaired) electrons. The largest absolute Gasteiger partial charge is 0.324 e. The Kier molecular flexibility index (Phi) is 0.945. The fourth-order valence-corrected chi connectivity index (χ4v) is 2.14. The average molecular weight is 126 g/mol. The topological polar surface area (TPSA) is 29.3 Å². The molecule has 2 heteroatoms. The Morgan fingerprint density at radius 2 is 2.44 bits per heavy atom. The van der Waals surface area contributed by atoms with Crippen LogP contribution < -0.4 is 5.73 Å². The van der Waals surface area contributed by atoms with Crippen LogP contribution in [0, 0.1) is 5.92 Å². The van der Waals surface area contributed by atoms with Crippen LogP contribution >= 0.6 is 0 Å². The lowest BCUT2D eigenvalue weighted by atomic mass is 9.70. The fraction of sp³-hybridized carbons (Fsp3) is 1.00. The lowest BCUT2D eigenvalue weighted by Crippen LogP contribution is -2.54. The Morgan fingerprint density at radius 1 is 1.67 bits per heavy atom. The zero-order chi connectivity index (χ0) is 6.48. The van der Waals surface area contributed by atoms with Gasteiger partial charge in [0.15, 0.2) is 0 Å². The molecule has 2 fully saturated rings. The van der Waals surface area contributed by atoms with Crippen molar-refractivity contribution in [1.29, 1.82) is 0 Å². The van der Waals surface area contributed by atoms with Gasteiger partial charge in [-0.25, -0.2) is 0 Å². The van der Waals surface area contributed by atoms with Gasteiger partial charge < -0.3 is 10.6 Å². The monoisotopic (exact) mass is 126 g/mol. The van der Waals surface area contributed by atoms with Gasteiger partial charge in [-0.1, -0.05) is 0 Å². The van der Waals surface area contributed by atoms with E-state index in [1.165, 1.54) is 19.4 Å². The van der Waals surface area contributed by atoms with Crippen molar-refractivity contribution in [3.63, 3.8) is 0 Å². The van der Waals surface area contributed by atoms with Crippen LogP contribution in [0.2, 0.25) is 0 Å². The summed E-state index contributed by atoms with van der Waals surface area (Å²) < 4.78 is 0. The van der Waals surface area contributed by atoms with Crippen LogP contribution in [-0.2, 0) is 0 Å². The number of likely N-dealkylation sites (tertiary alicyclic amines) is 1. The standard InChI is InChI=1S/C7H14N2/c1-9-4-6-2-3-7(6,8)5-9/h6H,2-5,8H2,1H3.